The number of hydrogen-bond donors (Lipinski definition) is 1. The summed E-state index contributed by atoms with van der Waals surface area (Å²) >= 11 is 5.92. The fraction of sp³-hybridized carbons (Fsp3) is 0.400. The first-order valence-electron chi connectivity index (χ1n) is 4.66. The summed E-state index contributed by atoms with van der Waals surface area (Å²) in [7, 11) is -1.12. The molecular formula is C10H14ClNO2S. The van der Waals surface area contributed by atoms with Gasteiger partial charge in [-0.05, 0) is 25.1 Å². The third kappa shape index (κ3) is 3.81. The first-order chi connectivity index (χ1) is 7.15. The molecule has 2 N–H and O–H groups in total. The molecule has 1 aromatic rings. The zero-order valence-electron chi connectivity index (χ0n) is 8.53. The normalized spacial score (nSPS) is 12.7. The van der Waals surface area contributed by atoms with Crippen molar-refractivity contribution < 1.29 is 8.95 Å². The highest BCUT2D eigenvalue weighted by Gasteiger charge is 2.08. The average Bonchev–Trinajstić information content (AvgIpc) is 2.17. The van der Waals surface area contributed by atoms with E-state index in [1.807, 2.05) is 6.92 Å². The molecule has 84 valence electrons. The highest BCUT2D eigenvalue weighted by molar-refractivity contribution is 7.85. The first kappa shape index (κ1) is 12.5. The Morgan fingerprint density at radius 1 is 1.53 bits per heavy atom. The van der Waals surface area contributed by atoms with Crippen LogP contribution in [0.15, 0.2) is 23.1 Å². The second-order valence-corrected chi connectivity index (χ2v) is 4.88. The van der Waals surface area contributed by atoms with Gasteiger partial charge in [-0.15, -0.1) is 0 Å². The molecule has 1 rings (SSSR count). The van der Waals surface area contributed by atoms with Crippen molar-refractivity contribution in [3.05, 3.63) is 23.2 Å². The van der Waals surface area contributed by atoms with Crippen molar-refractivity contribution >= 4 is 28.1 Å². The zero-order chi connectivity index (χ0) is 11.3. The number of rotatable bonds is 5. The molecular weight excluding hydrogens is 234 g/mol. The molecule has 0 spiro atoms. The standard InChI is InChI=1S/C10H14ClNO2S/c1-2-14-5-6-15(13)10-4-3-8(12)7-9(10)11/h3-4,7H,2,5-6,12H2,1H3. The summed E-state index contributed by atoms with van der Waals surface area (Å²) in [6, 6.07) is 5.00. The van der Waals surface area contributed by atoms with Crippen LogP contribution in [0.4, 0.5) is 5.69 Å². The molecule has 0 fully saturated rings. The van der Waals surface area contributed by atoms with E-state index in [2.05, 4.69) is 0 Å². The van der Waals surface area contributed by atoms with E-state index >= 15 is 0 Å². The van der Waals surface area contributed by atoms with Crippen LogP contribution in [0.5, 0.6) is 0 Å². The number of ether oxygens (including phenoxy) is 1. The van der Waals surface area contributed by atoms with Crippen molar-refractivity contribution in [3.8, 4) is 0 Å². The molecule has 0 aliphatic heterocycles. The van der Waals surface area contributed by atoms with Gasteiger partial charge in [0.1, 0.15) is 0 Å². The number of anilines is 1. The quantitative estimate of drug-likeness (QED) is 0.640. The summed E-state index contributed by atoms with van der Waals surface area (Å²) in [6.07, 6.45) is 0. The lowest BCUT2D eigenvalue weighted by atomic mass is 10.3. The van der Waals surface area contributed by atoms with E-state index in [4.69, 9.17) is 22.1 Å². The van der Waals surface area contributed by atoms with E-state index in [1.165, 1.54) is 0 Å². The smallest absolute Gasteiger partial charge is 0.0587 e. The van der Waals surface area contributed by atoms with Crippen LogP contribution in [0.25, 0.3) is 0 Å². The molecule has 3 nitrogen and oxygen atoms in total. The van der Waals surface area contributed by atoms with E-state index in [9.17, 15) is 4.21 Å². The number of nitrogens with two attached hydrogens (primary N) is 1. The molecule has 0 amide bonds. The predicted molar refractivity (Wildman–Crippen MR) is 63.6 cm³/mol. The Kier molecular flexibility index (Phi) is 5.08. The van der Waals surface area contributed by atoms with Crippen molar-refractivity contribution in [3.63, 3.8) is 0 Å². The van der Waals surface area contributed by atoms with Gasteiger partial charge in [0.05, 0.1) is 33.1 Å². The van der Waals surface area contributed by atoms with Crippen LogP contribution in [0, 0.1) is 0 Å². The van der Waals surface area contributed by atoms with Gasteiger partial charge >= 0.3 is 0 Å². The summed E-state index contributed by atoms with van der Waals surface area (Å²) in [5.41, 5.74) is 6.12. The molecule has 0 bridgehead atoms. The van der Waals surface area contributed by atoms with E-state index in [0.717, 1.165) is 0 Å². The molecule has 1 unspecified atom stereocenters. The Balaban J connectivity index is 2.65. The summed E-state index contributed by atoms with van der Waals surface area (Å²) < 4.78 is 16.9. The summed E-state index contributed by atoms with van der Waals surface area (Å²) in [5.74, 6) is 0.456. The van der Waals surface area contributed by atoms with Crippen LogP contribution >= 0.6 is 11.6 Å². The number of halogens is 1. The van der Waals surface area contributed by atoms with Gasteiger partial charge in [-0.1, -0.05) is 11.6 Å². The molecule has 0 aromatic heterocycles. The molecule has 0 heterocycles. The minimum absolute atomic E-state index is 0.449. The minimum Gasteiger partial charge on any atom is -0.399 e. The largest absolute Gasteiger partial charge is 0.399 e. The van der Waals surface area contributed by atoms with Crippen LogP contribution < -0.4 is 5.73 Å². The Bertz CT molecular complexity index is 357. The molecule has 0 aliphatic rings. The molecule has 1 atom stereocenters. The minimum atomic E-state index is -1.12. The number of nitrogen functional groups attached to an aromatic ring is 1. The molecule has 15 heavy (non-hydrogen) atoms. The lowest BCUT2D eigenvalue weighted by molar-refractivity contribution is 0.164. The molecule has 0 aliphatic carbocycles. The van der Waals surface area contributed by atoms with E-state index < -0.39 is 10.8 Å². The Hall–Kier alpha value is -0.580. The lowest BCUT2D eigenvalue weighted by Crippen LogP contribution is -2.06. The molecule has 1 aromatic carbocycles. The van der Waals surface area contributed by atoms with Crippen LogP contribution in [0.3, 0.4) is 0 Å². The van der Waals surface area contributed by atoms with Crippen molar-refractivity contribution in [1.29, 1.82) is 0 Å². The fourth-order valence-electron chi connectivity index (χ4n) is 1.09. The van der Waals surface area contributed by atoms with E-state index in [-0.39, 0.29) is 0 Å². The van der Waals surface area contributed by atoms with Crippen LogP contribution in [0.2, 0.25) is 5.02 Å². The van der Waals surface area contributed by atoms with Gasteiger partial charge in [-0.25, -0.2) is 0 Å². The van der Waals surface area contributed by atoms with E-state index in [0.29, 0.717) is 34.6 Å². The lowest BCUT2D eigenvalue weighted by Gasteiger charge is -2.05. The summed E-state index contributed by atoms with van der Waals surface area (Å²) in [6.45, 7) is 3.01. The van der Waals surface area contributed by atoms with Crippen molar-refractivity contribution in [1.82, 2.24) is 0 Å². The Morgan fingerprint density at radius 3 is 2.87 bits per heavy atom. The predicted octanol–water partition coefficient (Wildman–Crippen LogP) is 2.07. The number of benzene rings is 1. The monoisotopic (exact) mass is 247 g/mol. The SMILES string of the molecule is CCOCCS(=O)c1ccc(N)cc1Cl. The van der Waals surface area contributed by atoms with Gasteiger partial charge in [-0.3, -0.25) is 4.21 Å². The fourth-order valence-corrected chi connectivity index (χ4v) is 2.52. The van der Waals surface area contributed by atoms with Crippen molar-refractivity contribution in [2.24, 2.45) is 0 Å². The second kappa shape index (κ2) is 6.10. The molecule has 0 saturated carbocycles. The van der Waals surface area contributed by atoms with Gasteiger partial charge in [0.2, 0.25) is 0 Å². The molecule has 0 radical (unpaired) electrons. The van der Waals surface area contributed by atoms with Gasteiger partial charge in [0.25, 0.3) is 0 Å². The Labute approximate surface area is 97.0 Å². The highest BCUT2D eigenvalue weighted by Crippen LogP contribution is 2.22. The topological polar surface area (TPSA) is 52.3 Å². The van der Waals surface area contributed by atoms with Gasteiger partial charge in [-0.2, -0.15) is 0 Å². The van der Waals surface area contributed by atoms with Crippen LogP contribution in [-0.2, 0) is 15.5 Å². The third-order valence-electron chi connectivity index (χ3n) is 1.82. The maximum absolute atomic E-state index is 11.8. The zero-order valence-corrected chi connectivity index (χ0v) is 10.1. The maximum Gasteiger partial charge on any atom is 0.0587 e. The van der Waals surface area contributed by atoms with Crippen molar-refractivity contribution in [2.45, 2.75) is 11.8 Å². The Morgan fingerprint density at radius 2 is 2.27 bits per heavy atom. The maximum atomic E-state index is 11.8. The highest BCUT2D eigenvalue weighted by atomic mass is 35.5. The van der Waals surface area contributed by atoms with Gasteiger partial charge in [0.15, 0.2) is 0 Å². The first-order valence-corrected chi connectivity index (χ1v) is 6.36. The molecule has 0 saturated heterocycles. The molecule has 5 heteroatoms. The summed E-state index contributed by atoms with van der Waals surface area (Å²) in [5, 5.41) is 0.449. The van der Waals surface area contributed by atoms with E-state index in [1.54, 1.807) is 18.2 Å². The summed E-state index contributed by atoms with van der Waals surface area (Å²) in [4.78, 5) is 0.616. The van der Waals surface area contributed by atoms with Crippen LogP contribution in [-0.4, -0.2) is 23.2 Å². The average molecular weight is 248 g/mol. The van der Waals surface area contributed by atoms with Crippen molar-refractivity contribution in [2.75, 3.05) is 24.7 Å². The van der Waals surface area contributed by atoms with Crippen LogP contribution in [0.1, 0.15) is 6.92 Å². The van der Waals surface area contributed by atoms with Gasteiger partial charge in [0, 0.05) is 12.3 Å². The second-order valence-electron chi connectivity index (χ2n) is 2.94. The third-order valence-corrected chi connectivity index (χ3v) is 3.63. The number of hydrogen-bond acceptors (Lipinski definition) is 3. The van der Waals surface area contributed by atoms with Gasteiger partial charge < -0.3 is 10.5 Å².